The number of para-hydroxylation sites is 1. The van der Waals surface area contributed by atoms with Gasteiger partial charge in [-0.15, -0.1) is 0 Å². The minimum absolute atomic E-state index is 0.0366. The van der Waals surface area contributed by atoms with Crippen LogP contribution in [0.3, 0.4) is 0 Å². The van der Waals surface area contributed by atoms with E-state index in [9.17, 15) is 14.7 Å². The summed E-state index contributed by atoms with van der Waals surface area (Å²) in [6.07, 6.45) is 2.27. The molecule has 0 unspecified atom stereocenters. The van der Waals surface area contributed by atoms with Crippen molar-refractivity contribution in [2.24, 2.45) is 23.7 Å². The molecule has 0 radical (unpaired) electrons. The van der Waals surface area contributed by atoms with Gasteiger partial charge in [-0.25, -0.2) is 0 Å². The van der Waals surface area contributed by atoms with Crippen LogP contribution in [0.5, 0.6) is 11.5 Å². The van der Waals surface area contributed by atoms with Crippen molar-refractivity contribution in [3.8, 4) is 11.5 Å². The molecule has 10 nitrogen and oxygen atoms in total. The van der Waals surface area contributed by atoms with Gasteiger partial charge in [-0.3, -0.25) is 29.5 Å². The van der Waals surface area contributed by atoms with Crippen molar-refractivity contribution in [1.82, 2.24) is 5.01 Å². The van der Waals surface area contributed by atoms with E-state index < -0.39 is 46.8 Å². The van der Waals surface area contributed by atoms with Gasteiger partial charge in [0.25, 0.3) is 11.8 Å². The molecule has 6 atom stereocenters. The molecule has 6 aromatic rings. The van der Waals surface area contributed by atoms with Gasteiger partial charge in [-0.05, 0) is 96.4 Å². The maximum Gasteiger partial charge on any atom is 0.260 e. The van der Waals surface area contributed by atoms with Crippen molar-refractivity contribution in [1.29, 1.82) is 0 Å². The Hall–Kier alpha value is -6.62. The van der Waals surface area contributed by atoms with Gasteiger partial charge >= 0.3 is 0 Å². The summed E-state index contributed by atoms with van der Waals surface area (Å²) in [6, 6.07) is 39.7. The zero-order valence-corrected chi connectivity index (χ0v) is 34.2. The number of benzene rings is 6. The van der Waals surface area contributed by atoms with E-state index in [-0.39, 0.29) is 41.1 Å². The topological polar surface area (TPSA) is 128 Å². The lowest BCUT2D eigenvalue weighted by Crippen LogP contribution is -2.53. The summed E-state index contributed by atoms with van der Waals surface area (Å²) in [6.45, 7) is 0. The molecule has 3 fully saturated rings. The summed E-state index contributed by atoms with van der Waals surface area (Å²) in [5, 5.41) is 18.6. The standard InChI is InChI=1S/C49H38Cl2N4O6/c1-61-33-19-12-28(13-20-33)49-39(46(58)55(48(49)60)53-41-24-14-29(50)25-40(41)51)26-38-35(43(49)37-21-11-27-7-5-6-10-34(27)44(37)56)22-23-36-42(38)47(59)54(45(36)57)32-17-15-31(16-18-32)52-30-8-3-2-4-9-30/h2-22,24-25,36,38-39,42-43,52-53,56H,23,26H2,1H3/t36-,38+,39-,42-,43+,49+/m0/s1. The van der Waals surface area contributed by atoms with Crippen molar-refractivity contribution in [2.75, 3.05) is 22.8 Å². The first-order chi connectivity index (χ1) is 29.6. The molecule has 2 saturated heterocycles. The van der Waals surface area contributed by atoms with E-state index in [0.717, 1.165) is 27.3 Å². The highest BCUT2D eigenvalue weighted by molar-refractivity contribution is 6.36. The molecule has 0 spiro atoms. The molecule has 3 N–H and O–H groups in total. The van der Waals surface area contributed by atoms with Gasteiger partial charge in [-0.1, -0.05) is 102 Å². The highest BCUT2D eigenvalue weighted by Crippen LogP contribution is 2.65. The van der Waals surface area contributed by atoms with E-state index in [1.165, 1.54) is 11.0 Å². The maximum atomic E-state index is 15.7. The van der Waals surface area contributed by atoms with E-state index in [2.05, 4.69) is 10.7 Å². The van der Waals surface area contributed by atoms with Crippen LogP contribution < -0.4 is 20.4 Å². The summed E-state index contributed by atoms with van der Waals surface area (Å²) >= 11 is 12.8. The number of allylic oxidation sites excluding steroid dienone is 2. The van der Waals surface area contributed by atoms with Crippen molar-refractivity contribution < 1.29 is 29.0 Å². The van der Waals surface area contributed by atoms with Crippen LogP contribution in [-0.2, 0) is 24.6 Å². The van der Waals surface area contributed by atoms with Crippen LogP contribution in [0.1, 0.15) is 29.9 Å². The number of hydrazine groups is 1. The first kappa shape index (κ1) is 38.6. The third-order valence-corrected chi connectivity index (χ3v) is 13.6. The number of hydrogen-bond donors (Lipinski definition) is 3. The van der Waals surface area contributed by atoms with Crippen molar-refractivity contribution >= 4 is 80.4 Å². The molecule has 2 aliphatic heterocycles. The van der Waals surface area contributed by atoms with Gasteiger partial charge in [0.2, 0.25) is 11.8 Å². The van der Waals surface area contributed by atoms with Crippen LogP contribution >= 0.6 is 23.2 Å². The van der Waals surface area contributed by atoms with Crippen LogP contribution in [0.4, 0.5) is 22.7 Å². The lowest BCUT2D eigenvalue weighted by Gasteiger charge is -2.50. The molecule has 4 aliphatic rings. The predicted molar refractivity (Wildman–Crippen MR) is 235 cm³/mol. The van der Waals surface area contributed by atoms with Crippen molar-refractivity contribution in [3.63, 3.8) is 0 Å². The van der Waals surface area contributed by atoms with Gasteiger partial charge in [0.15, 0.2) is 0 Å². The predicted octanol–water partition coefficient (Wildman–Crippen LogP) is 9.79. The molecule has 61 heavy (non-hydrogen) atoms. The molecule has 2 aliphatic carbocycles. The summed E-state index contributed by atoms with van der Waals surface area (Å²) in [5.74, 6) is -5.43. The number of hydrogen-bond acceptors (Lipinski definition) is 8. The molecular formula is C49H38Cl2N4O6. The normalized spacial score (nSPS) is 24.3. The molecule has 10 rings (SSSR count). The minimum Gasteiger partial charge on any atom is -0.507 e. The Bertz CT molecular complexity index is 2820. The fourth-order valence-electron chi connectivity index (χ4n) is 10.3. The fourth-order valence-corrected chi connectivity index (χ4v) is 10.8. The van der Waals surface area contributed by atoms with Gasteiger partial charge in [0.1, 0.15) is 11.5 Å². The number of aromatic hydroxyl groups is 1. The summed E-state index contributed by atoms with van der Waals surface area (Å²) in [5.41, 5.74) is 5.49. The summed E-state index contributed by atoms with van der Waals surface area (Å²) in [4.78, 5) is 61.4. The average molecular weight is 850 g/mol. The molecule has 4 amide bonds. The third-order valence-electron chi connectivity index (χ3n) is 13.0. The smallest absolute Gasteiger partial charge is 0.260 e. The number of phenols is 1. The highest BCUT2D eigenvalue weighted by Gasteiger charge is 2.70. The van der Waals surface area contributed by atoms with E-state index >= 15 is 9.59 Å². The zero-order valence-electron chi connectivity index (χ0n) is 32.7. The molecule has 304 valence electrons. The van der Waals surface area contributed by atoms with Crippen LogP contribution in [-0.4, -0.2) is 40.9 Å². The Morgan fingerprint density at radius 3 is 2.21 bits per heavy atom. The summed E-state index contributed by atoms with van der Waals surface area (Å²) in [7, 11) is 1.55. The fraction of sp³-hybridized carbons (Fsp3) is 0.184. The minimum atomic E-state index is -1.63. The Balaban J connectivity index is 1.12. The molecule has 6 aromatic carbocycles. The monoisotopic (exact) mass is 848 g/mol. The largest absolute Gasteiger partial charge is 0.507 e. The number of methoxy groups -OCH3 is 1. The second kappa shape index (κ2) is 14.8. The number of imide groups is 2. The molecular weight excluding hydrogens is 811 g/mol. The number of rotatable bonds is 8. The van der Waals surface area contributed by atoms with Crippen molar-refractivity contribution in [2.45, 2.75) is 24.2 Å². The van der Waals surface area contributed by atoms with Crippen LogP contribution in [0, 0.1) is 23.7 Å². The molecule has 12 heteroatoms. The second-order valence-corrected chi connectivity index (χ2v) is 16.8. The Morgan fingerprint density at radius 2 is 1.48 bits per heavy atom. The number of phenolic OH excluding ortho intramolecular Hbond substituents is 1. The van der Waals surface area contributed by atoms with Crippen LogP contribution in [0.2, 0.25) is 10.0 Å². The first-order valence-corrected chi connectivity index (χ1v) is 20.8. The van der Waals surface area contributed by atoms with Gasteiger partial charge in [-0.2, -0.15) is 5.01 Å². The number of halogens is 2. The maximum absolute atomic E-state index is 15.7. The van der Waals surface area contributed by atoms with E-state index in [1.807, 2.05) is 84.9 Å². The summed E-state index contributed by atoms with van der Waals surface area (Å²) < 4.78 is 5.52. The lowest BCUT2D eigenvalue weighted by molar-refractivity contribution is -0.138. The van der Waals surface area contributed by atoms with E-state index in [1.54, 1.807) is 55.6 Å². The van der Waals surface area contributed by atoms with Crippen LogP contribution in [0.15, 0.2) is 145 Å². The number of carbonyl (C=O) groups excluding carboxylic acids is 4. The zero-order chi connectivity index (χ0) is 42.2. The Labute approximate surface area is 361 Å². The molecule has 0 aromatic heterocycles. The second-order valence-electron chi connectivity index (χ2n) is 16.0. The first-order valence-electron chi connectivity index (χ1n) is 20.0. The number of amides is 4. The number of nitrogens with zero attached hydrogens (tertiary/aromatic N) is 2. The van der Waals surface area contributed by atoms with Gasteiger partial charge in [0.05, 0.1) is 46.7 Å². The van der Waals surface area contributed by atoms with Crippen molar-refractivity contribution in [3.05, 3.63) is 166 Å². The number of nitrogens with one attached hydrogen (secondary N) is 2. The molecule has 2 heterocycles. The highest BCUT2D eigenvalue weighted by atomic mass is 35.5. The Kier molecular flexibility index (Phi) is 9.38. The van der Waals surface area contributed by atoms with E-state index in [4.69, 9.17) is 27.9 Å². The SMILES string of the molecule is COc1ccc([C@@]23C(=O)N(Nc4ccc(Cl)cc4Cl)C(=O)[C@@H]2C[C@@H]2C(=CC[C@@H]4C(=O)N(c5ccc(Nc6ccccc6)cc5)C(=O)[C@@H]42)[C@@H]3c2ccc3ccccc3c2O)cc1. The number of ether oxygens (including phenoxy) is 1. The lowest BCUT2D eigenvalue weighted by atomic mass is 9.49. The number of carbonyl (C=O) groups is 4. The molecule has 0 bridgehead atoms. The van der Waals surface area contributed by atoms with Gasteiger partial charge in [0, 0.05) is 33.3 Å². The Morgan fingerprint density at radius 1 is 0.754 bits per heavy atom. The van der Waals surface area contributed by atoms with Crippen LogP contribution in [0.25, 0.3) is 10.8 Å². The van der Waals surface area contributed by atoms with Gasteiger partial charge < -0.3 is 15.2 Å². The number of fused-ring (bicyclic) bond motifs is 5. The van der Waals surface area contributed by atoms with E-state index in [0.29, 0.717) is 33.0 Å². The number of anilines is 4. The third kappa shape index (κ3) is 5.99. The quantitative estimate of drug-likeness (QED) is 0.102. The molecule has 1 saturated carbocycles. The average Bonchev–Trinajstić information content (AvgIpc) is 3.66.